The third-order valence-corrected chi connectivity index (χ3v) is 3.70. The van der Waals surface area contributed by atoms with E-state index in [1.54, 1.807) is 6.92 Å². The molecule has 1 aliphatic heterocycles. The number of rotatable bonds is 3. The molecule has 1 aliphatic rings. The van der Waals surface area contributed by atoms with Gasteiger partial charge < -0.3 is 10.0 Å². The summed E-state index contributed by atoms with van der Waals surface area (Å²) < 4.78 is 38.1. The van der Waals surface area contributed by atoms with Crippen molar-refractivity contribution in [1.29, 1.82) is 0 Å². The minimum atomic E-state index is -4.50. The minimum Gasteiger partial charge on any atom is -0.481 e. The van der Waals surface area contributed by atoms with E-state index in [4.69, 9.17) is 5.11 Å². The van der Waals surface area contributed by atoms with Crippen LogP contribution >= 0.6 is 0 Å². The predicted molar refractivity (Wildman–Crippen MR) is 68.7 cm³/mol. The lowest BCUT2D eigenvalue weighted by molar-refractivity contribution is -0.146. The first-order chi connectivity index (χ1) is 9.75. The Bertz CT molecular complexity index is 571. The number of alkyl halides is 3. The molecule has 1 amide bonds. The van der Waals surface area contributed by atoms with Crippen LogP contribution in [0.25, 0.3) is 0 Å². The molecule has 0 spiro atoms. The molecule has 1 saturated heterocycles. The molecule has 0 aliphatic carbocycles. The van der Waals surface area contributed by atoms with Gasteiger partial charge in [-0.05, 0) is 24.1 Å². The second kappa shape index (κ2) is 5.38. The van der Waals surface area contributed by atoms with Crippen LogP contribution in [-0.4, -0.2) is 23.5 Å². The van der Waals surface area contributed by atoms with Crippen molar-refractivity contribution in [1.82, 2.24) is 0 Å². The zero-order valence-corrected chi connectivity index (χ0v) is 11.2. The van der Waals surface area contributed by atoms with Crippen molar-refractivity contribution in [3.63, 3.8) is 0 Å². The molecule has 114 valence electrons. The van der Waals surface area contributed by atoms with E-state index in [-0.39, 0.29) is 12.2 Å². The van der Waals surface area contributed by atoms with Crippen LogP contribution in [0, 0.1) is 11.8 Å². The topological polar surface area (TPSA) is 57.6 Å². The van der Waals surface area contributed by atoms with Crippen LogP contribution in [-0.2, 0) is 15.8 Å². The normalized spacial score (nSPS) is 22.7. The summed E-state index contributed by atoms with van der Waals surface area (Å²) in [6.07, 6.45) is -4.03. The molecule has 2 unspecified atom stereocenters. The van der Waals surface area contributed by atoms with Gasteiger partial charge >= 0.3 is 12.1 Å². The second-order valence-electron chi connectivity index (χ2n) is 4.98. The highest BCUT2D eigenvalue weighted by Gasteiger charge is 2.45. The Morgan fingerprint density at radius 3 is 2.57 bits per heavy atom. The van der Waals surface area contributed by atoms with Gasteiger partial charge in [-0.1, -0.05) is 19.4 Å². The van der Waals surface area contributed by atoms with Gasteiger partial charge in [-0.25, -0.2) is 0 Å². The summed E-state index contributed by atoms with van der Waals surface area (Å²) in [5, 5.41) is 9.11. The highest BCUT2D eigenvalue weighted by atomic mass is 19.4. The van der Waals surface area contributed by atoms with Crippen molar-refractivity contribution >= 4 is 17.6 Å². The number of halogens is 3. The standard InChI is InChI=1S/C14H14F3NO3/c1-2-8-7-18(12(19)11(8)13(20)21)10-5-3-4-9(6-10)14(15,16)17/h3-6,8,11H,2,7H2,1H3,(H,20,21). The average molecular weight is 301 g/mol. The Morgan fingerprint density at radius 2 is 2.10 bits per heavy atom. The van der Waals surface area contributed by atoms with Crippen molar-refractivity contribution < 1.29 is 27.9 Å². The number of aliphatic carboxylic acids is 1. The monoisotopic (exact) mass is 301 g/mol. The van der Waals surface area contributed by atoms with E-state index in [2.05, 4.69) is 0 Å². The molecular formula is C14H14F3NO3. The number of nitrogens with zero attached hydrogens (tertiary/aromatic N) is 1. The fourth-order valence-electron chi connectivity index (χ4n) is 2.55. The summed E-state index contributed by atoms with van der Waals surface area (Å²) >= 11 is 0. The van der Waals surface area contributed by atoms with E-state index >= 15 is 0 Å². The molecule has 0 bridgehead atoms. The van der Waals surface area contributed by atoms with Crippen molar-refractivity contribution in [3.05, 3.63) is 29.8 Å². The van der Waals surface area contributed by atoms with Crippen LogP contribution in [0.5, 0.6) is 0 Å². The first-order valence-corrected chi connectivity index (χ1v) is 6.47. The Morgan fingerprint density at radius 1 is 1.43 bits per heavy atom. The van der Waals surface area contributed by atoms with E-state index < -0.39 is 35.5 Å². The highest BCUT2D eigenvalue weighted by molar-refractivity contribution is 6.08. The third kappa shape index (κ3) is 2.86. The fourth-order valence-corrected chi connectivity index (χ4v) is 2.55. The van der Waals surface area contributed by atoms with Gasteiger partial charge in [-0.2, -0.15) is 13.2 Å². The van der Waals surface area contributed by atoms with E-state index in [0.717, 1.165) is 17.0 Å². The van der Waals surface area contributed by atoms with Crippen LogP contribution in [0.1, 0.15) is 18.9 Å². The van der Waals surface area contributed by atoms with E-state index in [9.17, 15) is 22.8 Å². The first kappa shape index (κ1) is 15.3. The molecule has 1 heterocycles. The minimum absolute atomic E-state index is 0.0806. The number of hydrogen-bond donors (Lipinski definition) is 1. The van der Waals surface area contributed by atoms with Crippen LogP contribution in [0.4, 0.5) is 18.9 Å². The van der Waals surface area contributed by atoms with Gasteiger partial charge in [0.2, 0.25) is 5.91 Å². The molecule has 4 nitrogen and oxygen atoms in total. The zero-order chi connectivity index (χ0) is 15.8. The van der Waals surface area contributed by atoms with Gasteiger partial charge in [0.15, 0.2) is 0 Å². The highest BCUT2D eigenvalue weighted by Crippen LogP contribution is 2.35. The molecular weight excluding hydrogens is 287 g/mol. The summed E-state index contributed by atoms with van der Waals surface area (Å²) in [5.41, 5.74) is -0.781. The summed E-state index contributed by atoms with van der Waals surface area (Å²) in [6, 6.07) is 4.37. The van der Waals surface area contributed by atoms with Gasteiger partial charge in [-0.15, -0.1) is 0 Å². The molecule has 1 aromatic rings. The maximum atomic E-state index is 12.7. The van der Waals surface area contributed by atoms with Crippen LogP contribution in [0.15, 0.2) is 24.3 Å². The lowest BCUT2D eigenvalue weighted by Crippen LogP contribution is -2.30. The summed E-state index contributed by atoms with van der Waals surface area (Å²) in [6.45, 7) is 1.87. The number of anilines is 1. The van der Waals surface area contributed by atoms with Crippen LogP contribution < -0.4 is 4.90 Å². The Kier molecular flexibility index (Phi) is 3.93. The summed E-state index contributed by atoms with van der Waals surface area (Å²) in [4.78, 5) is 24.4. The van der Waals surface area contributed by atoms with Crippen molar-refractivity contribution in [2.24, 2.45) is 11.8 Å². The summed E-state index contributed by atoms with van der Waals surface area (Å²) in [7, 11) is 0. The Hall–Kier alpha value is -2.05. The van der Waals surface area contributed by atoms with Crippen molar-refractivity contribution in [3.8, 4) is 0 Å². The van der Waals surface area contributed by atoms with Gasteiger partial charge in [0.05, 0.1) is 5.56 Å². The fraction of sp³-hybridized carbons (Fsp3) is 0.429. The molecule has 2 atom stereocenters. The number of amides is 1. The van der Waals surface area contributed by atoms with E-state index in [1.807, 2.05) is 0 Å². The van der Waals surface area contributed by atoms with Gasteiger partial charge in [0.1, 0.15) is 5.92 Å². The van der Waals surface area contributed by atoms with Crippen molar-refractivity contribution in [2.45, 2.75) is 19.5 Å². The smallest absolute Gasteiger partial charge is 0.416 e. The molecule has 0 saturated carbocycles. The number of carbonyl (C=O) groups excluding carboxylic acids is 1. The van der Waals surface area contributed by atoms with E-state index in [1.165, 1.54) is 12.1 Å². The lowest BCUT2D eigenvalue weighted by atomic mass is 9.93. The molecule has 7 heteroatoms. The molecule has 0 aromatic heterocycles. The Balaban J connectivity index is 2.35. The predicted octanol–water partition coefficient (Wildman–Crippen LogP) is 2.78. The largest absolute Gasteiger partial charge is 0.481 e. The van der Waals surface area contributed by atoms with Crippen LogP contribution in [0.3, 0.4) is 0 Å². The maximum absolute atomic E-state index is 12.7. The summed E-state index contributed by atoms with van der Waals surface area (Å²) in [5.74, 6) is -3.48. The first-order valence-electron chi connectivity index (χ1n) is 6.47. The number of hydrogen-bond acceptors (Lipinski definition) is 2. The molecule has 21 heavy (non-hydrogen) atoms. The number of carboxylic acid groups (broad SMARTS) is 1. The van der Waals surface area contributed by atoms with E-state index in [0.29, 0.717) is 6.42 Å². The molecule has 2 rings (SSSR count). The zero-order valence-electron chi connectivity index (χ0n) is 11.2. The van der Waals surface area contributed by atoms with Gasteiger partial charge in [-0.3, -0.25) is 9.59 Å². The number of carboxylic acids is 1. The van der Waals surface area contributed by atoms with Gasteiger partial charge in [0.25, 0.3) is 0 Å². The maximum Gasteiger partial charge on any atom is 0.416 e. The lowest BCUT2D eigenvalue weighted by Gasteiger charge is -2.18. The SMILES string of the molecule is CCC1CN(c2cccc(C(F)(F)F)c2)C(=O)C1C(=O)O. The molecule has 0 radical (unpaired) electrons. The number of carbonyl (C=O) groups is 2. The quantitative estimate of drug-likeness (QED) is 0.873. The number of benzene rings is 1. The second-order valence-corrected chi connectivity index (χ2v) is 4.98. The molecule has 1 aromatic carbocycles. The van der Waals surface area contributed by atoms with Crippen LogP contribution in [0.2, 0.25) is 0 Å². The Labute approximate surface area is 119 Å². The molecule has 1 fully saturated rings. The van der Waals surface area contributed by atoms with Crippen molar-refractivity contribution in [2.75, 3.05) is 11.4 Å². The van der Waals surface area contributed by atoms with Gasteiger partial charge in [0, 0.05) is 12.2 Å². The molecule has 1 N–H and O–H groups in total. The third-order valence-electron chi connectivity index (χ3n) is 3.70. The average Bonchev–Trinajstić information content (AvgIpc) is 2.75.